The Morgan fingerprint density at radius 3 is 3.05 bits per heavy atom. The summed E-state index contributed by atoms with van der Waals surface area (Å²) in [5.74, 6) is 1.87. The summed E-state index contributed by atoms with van der Waals surface area (Å²) in [7, 11) is 0. The first-order valence-electron chi connectivity index (χ1n) is 7.39. The average molecular weight is 322 g/mol. The number of aromatic nitrogens is 4. The van der Waals surface area contributed by atoms with E-state index in [1.54, 1.807) is 6.20 Å². The summed E-state index contributed by atoms with van der Waals surface area (Å²) in [6.45, 7) is 5.10. The molecule has 22 heavy (non-hydrogen) atoms. The quantitative estimate of drug-likeness (QED) is 0.912. The molecule has 1 fully saturated rings. The second kappa shape index (κ2) is 6.51. The molecule has 2 aromatic rings. The maximum atomic E-state index is 13.8. The fraction of sp³-hybridized carbons (Fsp3) is 0.571. The lowest BCUT2D eigenvalue weighted by atomic mass is 10.2. The molecule has 1 N–H and O–H groups in total. The van der Waals surface area contributed by atoms with Crippen molar-refractivity contribution in [3.63, 3.8) is 0 Å². The monoisotopic (exact) mass is 322 g/mol. The number of nitrogens with one attached hydrogen (secondary N) is 1. The summed E-state index contributed by atoms with van der Waals surface area (Å²) in [5.41, 5.74) is 0. The zero-order chi connectivity index (χ0) is 15.5. The summed E-state index contributed by atoms with van der Waals surface area (Å²) >= 11 is 1.35. The molecule has 118 valence electrons. The van der Waals surface area contributed by atoms with Gasteiger partial charge in [-0.15, -0.1) is 5.10 Å². The molecule has 2 atom stereocenters. The van der Waals surface area contributed by atoms with Gasteiger partial charge in [0.25, 0.3) is 0 Å². The summed E-state index contributed by atoms with van der Waals surface area (Å²) < 4.78 is 18.1. The number of rotatable bonds is 5. The maximum Gasteiger partial charge on any atom is 0.202 e. The molecule has 6 nitrogen and oxygen atoms in total. The first-order valence-corrected chi connectivity index (χ1v) is 8.16. The van der Waals surface area contributed by atoms with Gasteiger partial charge in [0.2, 0.25) is 5.13 Å². The number of halogens is 1. The number of hydrogen-bond acceptors (Lipinski definition) is 7. The molecule has 3 rings (SSSR count). The Morgan fingerprint density at radius 2 is 2.36 bits per heavy atom. The van der Waals surface area contributed by atoms with Gasteiger partial charge in [-0.25, -0.2) is 9.37 Å². The topological polar surface area (TPSA) is 66.8 Å². The minimum Gasteiger partial charge on any atom is -0.358 e. The Bertz CT molecular complexity index is 604. The third-order valence-corrected chi connectivity index (χ3v) is 4.35. The van der Waals surface area contributed by atoms with Crippen LogP contribution in [0.3, 0.4) is 0 Å². The lowest BCUT2D eigenvalue weighted by Gasteiger charge is -2.24. The molecular formula is C14H19FN6S. The fourth-order valence-electron chi connectivity index (χ4n) is 2.53. The normalized spacial score (nSPS) is 21.5. The average Bonchev–Trinajstić information content (AvgIpc) is 3.12. The van der Waals surface area contributed by atoms with Crippen LogP contribution >= 0.6 is 11.5 Å². The summed E-state index contributed by atoms with van der Waals surface area (Å²) in [6, 6.07) is 3.72. The van der Waals surface area contributed by atoms with Crippen LogP contribution in [0.15, 0.2) is 18.3 Å². The Hall–Kier alpha value is -1.83. The summed E-state index contributed by atoms with van der Waals surface area (Å²) in [5, 5.41) is 12.0. The number of hydrogen-bond donors (Lipinski definition) is 1. The van der Waals surface area contributed by atoms with E-state index in [2.05, 4.69) is 38.7 Å². The molecule has 1 saturated heterocycles. The molecule has 0 unspecified atom stereocenters. The first kappa shape index (κ1) is 15.1. The Labute approximate surface area is 133 Å². The molecular weight excluding hydrogens is 303 g/mol. The molecule has 0 aliphatic carbocycles. The number of anilines is 2. The molecule has 1 aliphatic rings. The zero-order valence-corrected chi connectivity index (χ0v) is 13.4. The van der Waals surface area contributed by atoms with Crippen LogP contribution in [0.25, 0.3) is 0 Å². The van der Waals surface area contributed by atoms with Gasteiger partial charge in [-0.1, -0.05) is 13.8 Å². The van der Waals surface area contributed by atoms with E-state index in [1.807, 2.05) is 17.0 Å². The van der Waals surface area contributed by atoms with Crippen molar-refractivity contribution in [3.05, 3.63) is 24.2 Å². The minimum absolute atomic E-state index is 0.0399. The summed E-state index contributed by atoms with van der Waals surface area (Å²) in [4.78, 5) is 6.41. The lowest BCUT2D eigenvalue weighted by Crippen LogP contribution is -2.35. The third-order valence-electron chi connectivity index (χ3n) is 3.66. The van der Waals surface area contributed by atoms with Gasteiger partial charge in [-0.3, -0.25) is 0 Å². The van der Waals surface area contributed by atoms with Crippen molar-refractivity contribution in [2.45, 2.75) is 38.4 Å². The number of nitrogens with zero attached hydrogens (tertiary/aromatic N) is 5. The van der Waals surface area contributed by atoms with E-state index in [-0.39, 0.29) is 6.04 Å². The van der Waals surface area contributed by atoms with Gasteiger partial charge >= 0.3 is 0 Å². The summed E-state index contributed by atoms with van der Waals surface area (Å²) in [6.07, 6.45) is 1.27. The molecule has 0 amide bonds. The molecule has 0 spiro atoms. The van der Waals surface area contributed by atoms with Gasteiger partial charge in [-0.05, 0) is 12.1 Å². The van der Waals surface area contributed by atoms with Crippen molar-refractivity contribution in [1.82, 2.24) is 19.6 Å². The van der Waals surface area contributed by atoms with Crippen LogP contribution in [0.4, 0.5) is 15.3 Å². The maximum absolute atomic E-state index is 13.8. The van der Waals surface area contributed by atoms with Crippen LogP contribution < -0.4 is 10.2 Å². The van der Waals surface area contributed by atoms with Gasteiger partial charge in [-0.2, -0.15) is 9.47 Å². The lowest BCUT2D eigenvalue weighted by molar-refractivity contribution is 0.357. The molecule has 3 heterocycles. The van der Waals surface area contributed by atoms with E-state index in [1.165, 1.54) is 11.5 Å². The molecule has 8 heteroatoms. The Morgan fingerprint density at radius 1 is 1.50 bits per heavy atom. The largest absolute Gasteiger partial charge is 0.358 e. The molecule has 2 aromatic heterocycles. The van der Waals surface area contributed by atoms with E-state index in [0.29, 0.717) is 25.4 Å². The highest BCUT2D eigenvalue weighted by atomic mass is 32.1. The standard InChI is InChI=1S/C14H19FN6S/c1-9(2)13-18-14(22-20-13)16-7-11-6-10(15)8-21(11)12-4-3-5-17-19-12/h3-5,9-11H,6-8H2,1-2H3,(H,16,18,20)/t10-,11-/m0/s1. The molecule has 0 bridgehead atoms. The van der Waals surface area contributed by atoms with E-state index in [9.17, 15) is 4.39 Å². The molecule has 0 saturated carbocycles. The molecule has 0 aromatic carbocycles. The van der Waals surface area contributed by atoms with E-state index in [0.717, 1.165) is 16.8 Å². The van der Waals surface area contributed by atoms with Crippen LogP contribution in [0.2, 0.25) is 0 Å². The van der Waals surface area contributed by atoms with Crippen LogP contribution in [-0.2, 0) is 0 Å². The minimum atomic E-state index is -0.838. The van der Waals surface area contributed by atoms with Crippen molar-refractivity contribution in [3.8, 4) is 0 Å². The number of alkyl halides is 1. The third kappa shape index (κ3) is 3.32. The highest BCUT2D eigenvalue weighted by molar-refractivity contribution is 7.09. The SMILES string of the molecule is CC(C)c1nsc(NC[C@@H]2C[C@H](F)CN2c2cccnn2)n1. The van der Waals surface area contributed by atoms with Gasteiger partial charge in [0.05, 0.1) is 12.6 Å². The van der Waals surface area contributed by atoms with Crippen molar-refractivity contribution in [1.29, 1.82) is 0 Å². The Balaban J connectivity index is 1.65. The molecule has 1 aliphatic heterocycles. The fourth-order valence-corrected chi connectivity index (χ4v) is 3.24. The second-order valence-electron chi connectivity index (χ2n) is 5.71. The zero-order valence-electron chi connectivity index (χ0n) is 12.6. The van der Waals surface area contributed by atoms with Gasteiger partial charge < -0.3 is 10.2 Å². The van der Waals surface area contributed by atoms with Gasteiger partial charge in [0.15, 0.2) is 5.82 Å². The van der Waals surface area contributed by atoms with Gasteiger partial charge in [0, 0.05) is 36.6 Å². The van der Waals surface area contributed by atoms with Crippen LogP contribution in [-0.4, -0.2) is 44.9 Å². The van der Waals surface area contributed by atoms with Crippen LogP contribution in [0.5, 0.6) is 0 Å². The van der Waals surface area contributed by atoms with Crippen molar-refractivity contribution < 1.29 is 4.39 Å². The van der Waals surface area contributed by atoms with E-state index >= 15 is 0 Å². The predicted molar refractivity (Wildman–Crippen MR) is 85.2 cm³/mol. The van der Waals surface area contributed by atoms with Gasteiger partial charge in [0.1, 0.15) is 12.0 Å². The van der Waals surface area contributed by atoms with Crippen molar-refractivity contribution in [2.24, 2.45) is 0 Å². The van der Waals surface area contributed by atoms with Crippen molar-refractivity contribution >= 4 is 22.5 Å². The first-order chi connectivity index (χ1) is 10.6. The van der Waals surface area contributed by atoms with E-state index in [4.69, 9.17) is 0 Å². The van der Waals surface area contributed by atoms with Crippen LogP contribution in [0, 0.1) is 0 Å². The van der Waals surface area contributed by atoms with Crippen molar-refractivity contribution in [2.75, 3.05) is 23.3 Å². The molecule has 0 radical (unpaired) electrons. The highest BCUT2D eigenvalue weighted by Gasteiger charge is 2.33. The highest BCUT2D eigenvalue weighted by Crippen LogP contribution is 2.26. The smallest absolute Gasteiger partial charge is 0.202 e. The predicted octanol–water partition coefficient (Wildman–Crippen LogP) is 2.48. The van der Waals surface area contributed by atoms with Crippen LogP contribution in [0.1, 0.15) is 32.0 Å². The Kier molecular flexibility index (Phi) is 4.47. The van der Waals surface area contributed by atoms with E-state index < -0.39 is 6.17 Å². The second-order valence-corrected chi connectivity index (χ2v) is 6.47.